The molecule has 4 nitrogen and oxygen atoms in total. The Morgan fingerprint density at radius 2 is 2.15 bits per heavy atom. The number of halogens is 1. The van der Waals surface area contributed by atoms with Gasteiger partial charge in [0.1, 0.15) is 5.82 Å². The van der Waals surface area contributed by atoms with Crippen LogP contribution in [0.2, 0.25) is 0 Å². The molecule has 2 heterocycles. The van der Waals surface area contributed by atoms with Crippen LogP contribution in [0.1, 0.15) is 34.0 Å². The third kappa shape index (κ3) is 3.76. The fourth-order valence-electron chi connectivity index (χ4n) is 3.83. The Kier molecular flexibility index (Phi) is 4.74. The Bertz CT molecular complexity index is 1030. The van der Waals surface area contributed by atoms with E-state index in [-0.39, 0.29) is 18.0 Å². The Hall–Kier alpha value is -2.97. The topological polar surface area (TPSA) is 59.9 Å². The highest BCUT2D eigenvalue weighted by molar-refractivity contribution is 6.00. The zero-order valence-corrected chi connectivity index (χ0v) is 14.9. The fraction of sp³-hybridized carbons (Fsp3) is 0.273. The molecule has 1 aromatic heterocycles. The third-order valence-electron chi connectivity index (χ3n) is 5.24. The van der Waals surface area contributed by atoms with Crippen LogP contribution in [0, 0.1) is 17.1 Å². The number of carbonyl (C=O) groups is 1. The lowest BCUT2D eigenvalue weighted by Gasteiger charge is -2.12. The van der Waals surface area contributed by atoms with Crippen molar-refractivity contribution < 1.29 is 9.18 Å². The summed E-state index contributed by atoms with van der Waals surface area (Å²) in [5.74, 6) is 0.0344. The molecule has 27 heavy (non-hydrogen) atoms. The second-order valence-electron chi connectivity index (χ2n) is 7.14. The quantitative estimate of drug-likeness (QED) is 0.551. The summed E-state index contributed by atoms with van der Waals surface area (Å²) in [5.41, 5.74) is 3.38. The molecule has 0 saturated carbocycles. The zero-order chi connectivity index (χ0) is 18.8. The van der Waals surface area contributed by atoms with E-state index < -0.39 is 0 Å². The van der Waals surface area contributed by atoms with Gasteiger partial charge in [-0.25, -0.2) is 4.39 Å². The number of hydrogen-bond acceptors (Lipinski definition) is 3. The number of rotatable bonds is 5. The van der Waals surface area contributed by atoms with Crippen LogP contribution in [0.5, 0.6) is 0 Å². The smallest absolute Gasteiger partial charge is 0.183 e. The van der Waals surface area contributed by atoms with Crippen LogP contribution in [0.4, 0.5) is 4.39 Å². The van der Waals surface area contributed by atoms with E-state index in [0.717, 1.165) is 30.4 Å². The summed E-state index contributed by atoms with van der Waals surface area (Å²) in [6.45, 7) is 2.32. The van der Waals surface area contributed by atoms with Crippen LogP contribution in [0.15, 0.2) is 48.5 Å². The van der Waals surface area contributed by atoms with E-state index in [0.29, 0.717) is 23.7 Å². The molecule has 1 unspecified atom stereocenters. The van der Waals surface area contributed by atoms with E-state index in [1.165, 1.54) is 17.7 Å². The van der Waals surface area contributed by atoms with Crippen molar-refractivity contribution >= 4 is 16.7 Å². The zero-order valence-electron chi connectivity index (χ0n) is 14.9. The molecule has 3 aromatic rings. The molecule has 0 aliphatic carbocycles. The molecule has 2 aromatic carbocycles. The van der Waals surface area contributed by atoms with Gasteiger partial charge in [-0.15, -0.1) is 0 Å². The van der Waals surface area contributed by atoms with Gasteiger partial charge < -0.3 is 4.98 Å². The molecule has 5 heteroatoms. The summed E-state index contributed by atoms with van der Waals surface area (Å²) in [5, 5.41) is 9.86. The molecule has 1 atom stereocenters. The lowest BCUT2D eigenvalue weighted by molar-refractivity contribution is 0.0989. The first-order chi connectivity index (χ1) is 13.1. The van der Waals surface area contributed by atoms with Gasteiger partial charge in [0, 0.05) is 23.9 Å². The van der Waals surface area contributed by atoms with Crippen molar-refractivity contribution in [3.63, 3.8) is 0 Å². The Morgan fingerprint density at radius 1 is 1.26 bits per heavy atom. The lowest BCUT2D eigenvalue weighted by atomic mass is 9.97. The number of hydrogen-bond donors (Lipinski definition) is 1. The van der Waals surface area contributed by atoms with Crippen LogP contribution in [0.3, 0.4) is 0 Å². The van der Waals surface area contributed by atoms with Crippen molar-refractivity contribution in [2.75, 3.05) is 19.6 Å². The van der Waals surface area contributed by atoms with Crippen LogP contribution in [-0.4, -0.2) is 35.3 Å². The van der Waals surface area contributed by atoms with Crippen molar-refractivity contribution in [3.05, 3.63) is 71.2 Å². The Balaban J connectivity index is 1.52. The van der Waals surface area contributed by atoms with Crippen LogP contribution in [-0.2, 0) is 6.42 Å². The van der Waals surface area contributed by atoms with Gasteiger partial charge in [-0.2, -0.15) is 5.26 Å². The highest BCUT2D eigenvalue weighted by Gasteiger charge is 2.23. The van der Waals surface area contributed by atoms with Gasteiger partial charge in [0.05, 0.1) is 18.3 Å². The minimum Gasteiger partial charge on any atom is -0.352 e. The number of carbonyl (C=O) groups excluding carboxylic acids is 1. The van der Waals surface area contributed by atoms with Crippen LogP contribution < -0.4 is 0 Å². The minimum absolute atomic E-state index is 0.0561. The maximum absolute atomic E-state index is 13.3. The fourth-order valence-corrected chi connectivity index (χ4v) is 3.83. The average molecular weight is 361 g/mol. The molecule has 0 bridgehead atoms. The monoisotopic (exact) mass is 361 g/mol. The van der Waals surface area contributed by atoms with Crippen molar-refractivity contribution in [1.82, 2.24) is 9.88 Å². The van der Waals surface area contributed by atoms with Gasteiger partial charge in [0.25, 0.3) is 0 Å². The normalized spacial score (nSPS) is 17.3. The molecule has 0 amide bonds. The average Bonchev–Trinajstić information content (AvgIpc) is 3.28. The Labute approximate surface area is 157 Å². The molecular formula is C22H20FN3O. The SMILES string of the molecule is N#CCN1CCC(c2ccc3[nH]c(C(=O)Cc4cccc(F)c4)cc3c2)C1. The maximum Gasteiger partial charge on any atom is 0.183 e. The third-order valence-corrected chi connectivity index (χ3v) is 5.24. The number of H-pyrrole nitrogens is 1. The lowest BCUT2D eigenvalue weighted by Crippen LogP contribution is -2.20. The number of aromatic amines is 1. The molecule has 1 fully saturated rings. The predicted octanol–water partition coefficient (Wildman–Crippen LogP) is 4.05. The van der Waals surface area contributed by atoms with Gasteiger partial charge in [-0.05, 0) is 60.3 Å². The van der Waals surface area contributed by atoms with Crippen molar-refractivity contribution in [2.24, 2.45) is 0 Å². The maximum atomic E-state index is 13.3. The molecule has 1 aliphatic heterocycles. The molecule has 1 N–H and O–H groups in total. The summed E-state index contributed by atoms with van der Waals surface area (Å²) in [6.07, 6.45) is 1.21. The van der Waals surface area contributed by atoms with E-state index in [1.807, 2.05) is 12.1 Å². The van der Waals surface area contributed by atoms with E-state index in [2.05, 4.69) is 28.1 Å². The number of Topliss-reactive ketones (excluding diaryl/α,β-unsaturated/α-hetero) is 1. The van der Waals surface area contributed by atoms with Gasteiger partial charge in [0.2, 0.25) is 0 Å². The van der Waals surface area contributed by atoms with Gasteiger partial charge in [-0.3, -0.25) is 9.69 Å². The van der Waals surface area contributed by atoms with Crippen molar-refractivity contribution in [2.45, 2.75) is 18.8 Å². The van der Waals surface area contributed by atoms with Gasteiger partial charge >= 0.3 is 0 Å². The van der Waals surface area contributed by atoms with Crippen molar-refractivity contribution in [1.29, 1.82) is 5.26 Å². The second kappa shape index (κ2) is 7.34. The number of aromatic nitrogens is 1. The summed E-state index contributed by atoms with van der Waals surface area (Å²) < 4.78 is 13.3. The van der Waals surface area contributed by atoms with E-state index in [1.54, 1.807) is 12.1 Å². The molecule has 4 rings (SSSR count). The summed E-state index contributed by atoms with van der Waals surface area (Å²) in [7, 11) is 0. The summed E-state index contributed by atoms with van der Waals surface area (Å²) >= 11 is 0. The number of benzene rings is 2. The van der Waals surface area contributed by atoms with Crippen molar-refractivity contribution in [3.8, 4) is 6.07 Å². The standard InChI is InChI=1S/C22H20FN3O/c23-19-3-1-2-15(10-19)11-22(27)21-13-18-12-16(4-5-20(18)25-21)17-6-8-26(14-17)9-7-24/h1-5,10,12-13,17,25H,6,8-9,11,14H2. The number of fused-ring (bicyclic) bond motifs is 1. The Morgan fingerprint density at radius 3 is 2.96 bits per heavy atom. The van der Waals surface area contributed by atoms with Crippen LogP contribution >= 0.6 is 0 Å². The predicted molar refractivity (Wildman–Crippen MR) is 102 cm³/mol. The first kappa shape index (κ1) is 17.4. The summed E-state index contributed by atoms with van der Waals surface area (Å²) in [4.78, 5) is 17.9. The van der Waals surface area contributed by atoms with E-state index in [9.17, 15) is 9.18 Å². The van der Waals surface area contributed by atoms with E-state index in [4.69, 9.17) is 5.26 Å². The molecule has 136 valence electrons. The number of nitrogens with zero attached hydrogens (tertiary/aromatic N) is 2. The number of nitriles is 1. The summed E-state index contributed by atoms with van der Waals surface area (Å²) in [6, 6.07) is 16.5. The largest absolute Gasteiger partial charge is 0.352 e. The molecule has 1 saturated heterocycles. The van der Waals surface area contributed by atoms with Crippen LogP contribution in [0.25, 0.3) is 10.9 Å². The number of nitrogens with one attached hydrogen (secondary N) is 1. The minimum atomic E-state index is -0.330. The highest BCUT2D eigenvalue weighted by Crippen LogP contribution is 2.29. The van der Waals surface area contributed by atoms with Gasteiger partial charge in [0.15, 0.2) is 5.78 Å². The second-order valence-corrected chi connectivity index (χ2v) is 7.14. The molecule has 0 spiro atoms. The number of likely N-dealkylation sites (tertiary alicyclic amines) is 1. The van der Waals surface area contributed by atoms with E-state index >= 15 is 0 Å². The molecule has 1 aliphatic rings. The molecule has 0 radical (unpaired) electrons. The van der Waals surface area contributed by atoms with Gasteiger partial charge in [-0.1, -0.05) is 18.2 Å². The number of ketones is 1. The molecular weight excluding hydrogens is 341 g/mol. The first-order valence-electron chi connectivity index (χ1n) is 9.12. The highest BCUT2D eigenvalue weighted by atomic mass is 19.1. The first-order valence-corrected chi connectivity index (χ1v) is 9.12.